The monoisotopic (exact) mass is 239 g/mol. The fraction of sp³-hybridized carbons (Fsp3) is 0.714. The number of unbranched alkanes of at least 4 members (excludes halogenated alkanes) is 5. The SMILES string of the molecule is CCCCCCCCOCc1ccoc1CN. The summed E-state index contributed by atoms with van der Waals surface area (Å²) in [5, 5.41) is 0. The highest BCUT2D eigenvalue weighted by Gasteiger charge is 2.03. The molecule has 0 saturated heterocycles. The summed E-state index contributed by atoms with van der Waals surface area (Å²) in [7, 11) is 0. The van der Waals surface area contributed by atoms with Gasteiger partial charge in [-0.3, -0.25) is 0 Å². The molecular formula is C14H25NO2. The molecule has 1 aromatic rings. The van der Waals surface area contributed by atoms with Crippen molar-refractivity contribution in [1.29, 1.82) is 0 Å². The van der Waals surface area contributed by atoms with E-state index in [2.05, 4.69) is 6.92 Å². The van der Waals surface area contributed by atoms with Gasteiger partial charge in [0.25, 0.3) is 0 Å². The van der Waals surface area contributed by atoms with Gasteiger partial charge in [0.1, 0.15) is 5.76 Å². The van der Waals surface area contributed by atoms with Gasteiger partial charge in [0.05, 0.1) is 19.4 Å². The van der Waals surface area contributed by atoms with Gasteiger partial charge in [0.2, 0.25) is 0 Å². The summed E-state index contributed by atoms with van der Waals surface area (Å²) >= 11 is 0. The normalized spacial score (nSPS) is 10.9. The Morgan fingerprint density at radius 2 is 1.94 bits per heavy atom. The highest BCUT2D eigenvalue weighted by Crippen LogP contribution is 2.11. The number of ether oxygens (including phenoxy) is 1. The maximum absolute atomic E-state index is 5.61. The smallest absolute Gasteiger partial charge is 0.122 e. The summed E-state index contributed by atoms with van der Waals surface area (Å²) in [4.78, 5) is 0. The lowest BCUT2D eigenvalue weighted by molar-refractivity contribution is 0.115. The Morgan fingerprint density at radius 1 is 1.18 bits per heavy atom. The minimum Gasteiger partial charge on any atom is -0.468 e. The number of nitrogens with two attached hydrogens (primary N) is 1. The molecule has 1 rings (SSSR count). The summed E-state index contributed by atoms with van der Waals surface area (Å²) in [6, 6.07) is 1.93. The zero-order valence-electron chi connectivity index (χ0n) is 10.9. The second-order valence-electron chi connectivity index (χ2n) is 4.39. The van der Waals surface area contributed by atoms with Crippen molar-refractivity contribution in [1.82, 2.24) is 0 Å². The van der Waals surface area contributed by atoms with Gasteiger partial charge in [-0.25, -0.2) is 0 Å². The molecule has 3 nitrogen and oxygen atoms in total. The fourth-order valence-corrected chi connectivity index (χ4v) is 1.84. The number of furan rings is 1. The van der Waals surface area contributed by atoms with Crippen molar-refractivity contribution in [2.24, 2.45) is 5.73 Å². The summed E-state index contributed by atoms with van der Waals surface area (Å²) in [5.74, 6) is 0.841. The average molecular weight is 239 g/mol. The topological polar surface area (TPSA) is 48.4 Å². The van der Waals surface area contributed by atoms with E-state index in [1.54, 1.807) is 6.26 Å². The van der Waals surface area contributed by atoms with Crippen molar-refractivity contribution in [2.75, 3.05) is 6.61 Å². The lowest BCUT2D eigenvalue weighted by Gasteiger charge is -2.04. The molecule has 0 aliphatic rings. The van der Waals surface area contributed by atoms with Gasteiger partial charge in [-0.2, -0.15) is 0 Å². The first kappa shape index (κ1) is 14.3. The lowest BCUT2D eigenvalue weighted by atomic mass is 10.1. The van der Waals surface area contributed by atoms with E-state index in [0.29, 0.717) is 13.2 Å². The second kappa shape index (κ2) is 9.25. The van der Waals surface area contributed by atoms with E-state index in [1.165, 1.54) is 32.1 Å². The first-order valence-electron chi connectivity index (χ1n) is 6.71. The van der Waals surface area contributed by atoms with Crippen LogP contribution in [0.4, 0.5) is 0 Å². The first-order chi connectivity index (χ1) is 8.38. The predicted octanol–water partition coefficient (Wildman–Crippen LogP) is 3.62. The van der Waals surface area contributed by atoms with Crippen LogP contribution in [0.25, 0.3) is 0 Å². The van der Waals surface area contributed by atoms with Gasteiger partial charge < -0.3 is 14.9 Å². The molecular weight excluding hydrogens is 214 g/mol. The van der Waals surface area contributed by atoms with Crippen molar-refractivity contribution in [3.05, 3.63) is 23.7 Å². The number of hydrogen-bond donors (Lipinski definition) is 1. The van der Waals surface area contributed by atoms with Crippen LogP contribution in [0.3, 0.4) is 0 Å². The van der Waals surface area contributed by atoms with Gasteiger partial charge in [-0.15, -0.1) is 0 Å². The molecule has 0 bridgehead atoms. The van der Waals surface area contributed by atoms with E-state index >= 15 is 0 Å². The zero-order chi connectivity index (χ0) is 12.3. The van der Waals surface area contributed by atoms with E-state index in [4.69, 9.17) is 14.9 Å². The molecule has 0 saturated carbocycles. The van der Waals surface area contributed by atoms with E-state index in [9.17, 15) is 0 Å². The van der Waals surface area contributed by atoms with Gasteiger partial charge in [-0.05, 0) is 12.5 Å². The van der Waals surface area contributed by atoms with Gasteiger partial charge in [0, 0.05) is 12.2 Å². The third-order valence-corrected chi connectivity index (χ3v) is 2.92. The quantitative estimate of drug-likeness (QED) is 0.634. The zero-order valence-corrected chi connectivity index (χ0v) is 10.9. The molecule has 0 radical (unpaired) electrons. The molecule has 0 aromatic carbocycles. The molecule has 0 aliphatic heterocycles. The van der Waals surface area contributed by atoms with E-state index in [1.807, 2.05) is 6.07 Å². The maximum atomic E-state index is 5.61. The first-order valence-corrected chi connectivity index (χ1v) is 6.71. The molecule has 1 heterocycles. The molecule has 2 N–H and O–H groups in total. The molecule has 98 valence electrons. The highest BCUT2D eigenvalue weighted by molar-refractivity contribution is 5.15. The fourth-order valence-electron chi connectivity index (χ4n) is 1.84. The molecule has 0 fully saturated rings. The van der Waals surface area contributed by atoms with Crippen LogP contribution in [0.2, 0.25) is 0 Å². The minimum absolute atomic E-state index is 0.447. The minimum atomic E-state index is 0.447. The molecule has 0 atom stereocenters. The van der Waals surface area contributed by atoms with Crippen LogP contribution in [0.15, 0.2) is 16.7 Å². The van der Waals surface area contributed by atoms with E-state index in [0.717, 1.165) is 24.4 Å². The Hall–Kier alpha value is -0.800. The third kappa shape index (κ3) is 5.89. The third-order valence-electron chi connectivity index (χ3n) is 2.92. The second-order valence-corrected chi connectivity index (χ2v) is 4.39. The van der Waals surface area contributed by atoms with Crippen LogP contribution < -0.4 is 5.73 Å². The van der Waals surface area contributed by atoms with Crippen molar-refractivity contribution < 1.29 is 9.15 Å². The molecule has 0 spiro atoms. The Labute approximate surface area is 104 Å². The molecule has 0 unspecified atom stereocenters. The summed E-state index contributed by atoms with van der Waals surface area (Å²) in [5.41, 5.74) is 6.63. The van der Waals surface area contributed by atoms with Crippen molar-refractivity contribution in [3.8, 4) is 0 Å². The number of rotatable bonds is 10. The van der Waals surface area contributed by atoms with Crippen molar-refractivity contribution in [2.45, 2.75) is 58.6 Å². The summed E-state index contributed by atoms with van der Waals surface area (Å²) < 4.78 is 10.8. The van der Waals surface area contributed by atoms with Crippen molar-refractivity contribution >= 4 is 0 Å². The van der Waals surface area contributed by atoms with E-state index in [-0.39, 0.29) is 0 Å². The van der Waals surface area contributed by atoms with Gasteiger partial charge in [-0.1, -0.05) is 39.0 Å². The van der Waals surface area contributed by atoms with Crippen LogP contribution in [-0.4, -0.2) is 6.61 Å². The molecule has 0 aliphatic carbocycles. The molecule has 1 aromatic heterocycles. The maximum Gasteiger partial charge on any atom is 0.122 e. The van der Waals surface area contributed by atoms with Crippen LogP contribution in [-0.2, 0) is 17.9 Å². The Balaban J connectivity index is 1.97. The van der Waals surface area contributed by atoms with Crippen molar-refractivity contribution in [3.63, 3.8) is 0 Å². The van der Waals surface area contributed by atoms with E-state index < -0.39 is 0 Å². The lowest BCUT2D eigenvalue weighted by Crippen LogP contribution is -2.01. The Morgan fingerprint density at radius 3 is 2.71 bits per heavy atom. The standard InChI is InChI=1S/C14H25NO2/c1-2-3-4-5-6-7-9-16-12-13-8-10-17-14(13)11-15/h8,10H,2-7,9,11-12,15H2,1H3. The number of hydrogen-bond acceptors (Lipinski definition) is 3. The molecule has 3 heteroatoms. The average Bonchev–Trinajstić information content (AvgIpc) is 2.80. The summed E-state index contributed by atoms with van der Waals surface area (Å²) in [6.45, 7) is 4.14. The molecule has 17 heavy (non-hydrogen) atoms. The van der Waals surface area contributed by atoms with Gasteiger partial charge in [0.15, 0.2) is 0 Å². The van der Waals surface area contributed by atoms with Crippen LogP contribution >= 0.6 is 0 Å². The van der Waals surface area contributed by atoms with Crippen LogP contribution in [0.1, 0.15) is 56.8 Å². The largest absolute Gasteiger partial charge is 0.468 e. The summed E-state index contributed by atoms with van der Waals surface area (Å²) in [6.07, 6.45) is 9.45. The predicted molar refractivity (Wildman–Crippen MR) is 69.6 cm³/mol. The Bertz CT molecular complexity index is 284. The van der Waals surface area contributed by atoms with Crippen LogP contribution in [0, 0.1) is 0 Å². The Kier molecular flexibility index (Phi) is 7.76. The van der Waals surface area contributed by atoms with Crippen LogP contribution in [0.5, 0.6) is 0 Å². The molecule has 0 amide bonds. The van der Waals surface area contributed by atoms with Gasteiger partial charge >= 0.3 is 0 Å². The highest BCUT2D eigenvalue weighted by atomic mass is 16.5.